The number of hydrogen-bond donors (Lipinski definition) is 3. The Labute approximate surface area is 149 Å². The lowest BCUT2D eigenvalue weighted by Gasteiger charge is -2.12. The maximum Gasteiger partial charge on any atom is 0.335 e. The molecule has 7 nitrogen and oxygen atoms in total. The highest BCUT2D eigenvalue weighted by Gasteiger charge is 2.29. The normalized spacial score (nSPS) is 15.5. The molecule has 2 aromatic rings. The van der Waals surface area contributed by atoms with Crippen molar-refractivity contribution in [2.45, 2.75) is 13.5 Å². The van der Waals surface area contributed by atoms with E-state index in [1.54, 1.807) is 37.3 Å². The van der Waals surface area contributed by atoms with Crippen molar-refractivity contribution in [3.63, 3.8) is 0 Å². The van der Waals surface area contributed by atoms with E-state index in [0.29, 0.717) is 28.1 Å². The molecule has 0 unspecified atom stereocenters. The number of rotatable bonds is 4. The molecule has 0 saturated carbocycles. The van der Waals surface area contributed by atoms with E-state index >= 15 is 0 Å². The number of nitrogens with zero attached hydrogens (tertiary/aromatic N) is 2. The van der Waals surface area contributed by atoms with Gasteiger partial charge in [-0.25, -0.2) is 4.79 Å². The minimum Gasteiger partial charge on any atom is -0.508 e. The average molecular weight is 352 g/mol. The summed E-state index contributed by atoms with van der Waals surface area (Å²) in [6.07, 6.45) is 1.61. The first kappa shape index (κ1) is 17.4. The highest BCUT2D eigenvalue weighted by Crippen LogP contribution is 2.27. The van der Waals surface area contributed by atoms with Gasteiger partial charge in [0.2, 0.25) is 0 Å². The van der Waals surface area contributed by atoms with E-state index in [9.17, 15) is 19.8 Å². The van der Waals surface area contributed by atoms with Crippen LogP contribution in [0.1, 0.15) is 28.4 Å². The van der Waals surface area contributed by atoms with E-state index in [4.69, 9.17) is 5.11 Å². The topological polar surface area (TPSA) is 110 Å². The zero-order valence-electron chi connectivity index (χ0n) is 13.9. The maximum absolute atomic E-state index is 12.7. The second-order valence-electron chi connectivity index (χ2n) is 5.76. The van der Waals surface area contributed by atoms with E-state index in [0.717, 1.165) is 5.01 Å². The fourth-order valence-electron chi connectivity index (χ4n) is 2.62. The van der Waals surface area contributed by atoms with Crippen molar-refractivity contribution in [1.82, 2.24) is 0 Å². The zero-order valence-corrected chi connectivity index (χ0v) is 13.9. The lowest BCUT2D eigenvalue weighted by atomic mass is 10.0. The summed E-state index contributed by atoms with van der Waals surface area (Å²) in [4.78, 5) is 23.8. The van der Waals surface area contributed by atoms with Gasteiger partial charge in [0.1, 0.15) is 5.75 Å². The van der Waals surface area contributed by atoms with E-state index in [1.807, 2.05) is 0 Å². The standard InChI is InChI=1S/C19H16N2O5/c1-11-16(8-12-5-6-17(23)14(7-12)10-22)18(24)21(20-11)15-4-2-3-13(9-15)19(25)26/h2-9,22-23H,10H2,1H3,(H,25,26)/b16-8-. The van der Waals surface area contributed by atoms with Gasteiger partial charge in [-0.15, -0.1) is 0 Å². The van der Waals surface area contributed by atoms with E-state index in [2.05, 4.69) is 5.10 Å². The molecule has 7 heteroatoms. The highest BCUT2D eigenvalue weighted by atomic mass is 16.4. The first-order chi connectivity index (χ1) is 12.4. The number of aliphatic hydroxyl groups is 1. The summed E-state index contributed by atoms with van der Waals surface area (Å²) in [5, 5.41) is 33.3. The third-order valence-corrected chi connectivity index (χ3v) is 3.99. The number of carbonyl (C=O) groups excluding carboxylic acids is 1. The molecule has 0 atom stereocenters. The van der Waals surface area contributed by atoms with Crippen LogP contribution in [0.2, 0.25) is 0 Å². The molecule has 132 valence electrons. The number of hydrazone groups is 1. The summed E-state index contributed by atoms with van der Waals surface area (Å²) in [5.74, 6) is -1.50. The molecule has 3 rings (SSSR count). The molecular weight excluding hydrogens is 336 g/mol. The molecule has 0 spiro atoms. The van der Waals surface area contributed by atoms with Crippen LogP contribution < -0.4 is 5.01 Å². The monoisotopic (exact) mass is 352 g/mol. The average Bonchev–Trinajstić information content (AvgIpc) is 2.91. The summed E-state index contributed by atoms with van der Waals surface area (Å²) in [5.41, 5.74) is 2.23. The summed E-state index contributed by atoms with van der Waals surface area (Å²) >= 11 is 0. The number of carboxylic acids is 1. The number of hydrogen-bond acceptors (Lipinski definition) is 5. The Bertz CT molecular complexity index is 962. The molecule has 2 aromatic carbocycles. The van der Waals surface area contributed by atoms with Gasteiger partial charge in [-0.2, -0.15) is 10.1 Å². The number of aromatic hydroxyl groups is 1. The maximum atomic E-state index is 12.7. The van der Waals surface area contributed by atoms with Crippen molar-refractivity contribution < 1.29 is 24.9 Å². The molecule has 1 aliphatic heterocycles. The Morgan fingerprint density at radius 2 is 2.00 bits per heavy atom. The van der Waals surface area contributed by atoms with Crippen molar-refractivity contribution in [3.05, 3.63) is 64.7 Å². The molecule has 26 heavy (non-hydrogen) atoms. The van der Waals surface area contributed by atoms with Gasteiger partial charge in [0.15, 0.2) is 0 Å². The summed E-state index contributed by atoms with van der Waals surface area (Å²) in [6, 6.07) is 10.6. The van der Waals surface area contributed by atoms with Gasteiger partial charge in [-0.3, -0.25) is 4.79 Å². The van der Waals surface area contributed by atoms with Crippen LogP contribution in [0.5, 0.6) is 5.75 Å². The molecule has 0 radical (unpaired) electrons. The van der Waals surface area contributed by atoms with Gasteiger partial charge >= 0.3 is 5.97 Å². The zero-order chi connectivity index (χ0) is 18.8. The Kier molecular flexibility index (Phi) is 4.55. The van der Waals surface area contributed by atoms with Crippen LogP contribution in [0.4, 0.5) is 5.69 Å². The van der Waals surface area contributed by atoms with Crippen molar-refractivity contribution in [2.24, 2.45) is 5.10 Å². The Balaban J connectivity index is 1.95. The minimum atomic E-state index is -1.09. The van der Waals surface area contributed by atoms with Crippen molar-refractivity contribution in [2.75, 3.05) is 5.01 Å². The fraction of sp³-hybridized carbons (Fsp3) is 0.105. The van der Waals surface area contributed by atoms with Crippen molar-refractivity contribution >= 4 is 29.4 Å². The number of phenols is 1. The summed E-state index contributed by atoms with van der Waals surface area (Å²) in [6.45, 7) is 1.36. The van der Waals surface area contributed by atoms with Gasteiger partial charge in [0.05, 0.1) is 29.1 Å². The third kappa shape index (κ3) is 3.20. The second kappa shape index (κ2) is 6.81. The van der Waals surface area contributed by atoms with Gasteiger partial charge in [-0.1, -0.05) is 12.1 Å². The van der Waals surface area contributed by atoms with Gasteiger partial charge in [0, 0.05) is 5.56 Å². The van der Waals surface area contributed by atoms with Crippen LogP contribution in [0.3, 0.4) is 0 Å². The molecule has 0 fully saturated rings. The van der Waals surface area contributed by atoms with Crippen molar-refractivity contribution in [3.8, 4) is 5.75 Å². The predicted molar refractivity (Wildman–Crippen MR) is 96.0 cm³/mol. The van der Waals surface area contributed by atoms with Crippen LogP contribution in [-0.4, -0.2) is 32.9 Å². The van der Waals surface area contributed by atoms with E-state index in [-0.39, 0.29) is 23.8 Å². The van der Waals surface area contributed by atoms with Gasteiger partial charge in [0.25, 0.3) is 5.91 Å². The molecule has 3 N–H and O–H groups in total. The molecule has 1 heterocycles. The molecule has 0 aromatic heterocycles. The largest absolute Gasteiger partial charge is 0.508 e. The third-order valence-electron chi connectivity index (χ3n) is 3.99. The van der Waals surface area contributed by atoms with Gasteiger partial charge in [-0.05, 0) is 48.9 Å². The fourth-order valence-corrected chi connectivity index (χ4v) is 2.62. The number of anilines is 1. The molecule has 0 saturated heterocycles. The minimum absolute atomic E-state index is 0.0232. The molecule has 1 amide bonds. The lowest BCUT2D eigenvalue weighted by Crippen LogP contribution is -2.21. The lowest BCUT2D eigenvalue weighted by molar-refractivity contribution is -0.114. The number of benzene rings is 2. The SMILES string of the molecule is CC1=NN(c2cccc(C(=O)O)c2)C(=O)/C1=C\c1ccc(O)c(CO)c1. The number of carboxylic acid groups (broad SMARTS) is 1. The molecular formula is C19H16N2O5. The summed E-state index contributed by atoms with van der Waals surface area (Å²) < 4.78 is 0. The summed E-state index contributed by atoms with van der Waals surface area (Å²) in [7, 11) is 0. The first-order valence-corrected chi connectivity index (χ1v) is 7.78. The molecule has 0 bridgehead atoms. The molecule has 0 aliphatic carbocycles. The van der Waals surface area contributed by atoms with Crippen molar-refractivity contribution in [1.29, 1.82) is 0 Å². The Morgan fingerprint density at radius 1 is 1.23 bits per heavy atom. The van der Waals surface area contributed by atoms with Crippen LogP contribution in [0, 0.1) is 0 Å². The predicted octanol–water partition coefficient (Wildman–Crippen LogP) is 2.39. The van der Waals surface area contributed by atoms with E-state index in [1.165, 1.54) is 18.2 Å². The number of aromatic carboxylic acids is 1. The number of amides is 1. The van der Waals surface area contributed by atoms with Gasteiger partial charge < -0.3 is 15.3 Å². The first-order valence-electron chi connectivity index (χ1n) is 7.78. The van der Waals surface area contributed by atoms with Crippen LogP contribution in [0.25, 0.3) is 6.08 Å². The van der Waals surface area contributed by atoms with Crippen LogP contribution >= 0.6 is 0 Å². The van der Waals surface area contributed by atoms with Crippen LogP contribution in [-0.2, 0) is 11.4 Å². The smallest absolute Gasteiger partial charge is 0.335 e. The number of aliphatic hydroxyl groups excluding tert-OH is 1. The second-order valence-corrected chi connectivity index (χ2v) is 5.76. The Hall–Kier alpha value is -3.45. The Morgan fingerprint density at radius 3 is 2.69 bits per heavy atom. The highest BCUT2D eigenvalue weighted by molar-refractivity contribution is 6.32. The quantitative estimate of drug-likeness (QED) is 0.732. The molecule has 1 aliphatic rings. The van der Waals surface area contributed by atoms with Crippen LogP contribution in [0.15, 0.2) is 53.1 Å². The van der Waals surface area contributed by atoms with E-state index < -0.39 is 5.97 Å². The number of carbonyl (C=O) groups is 2.